The van der Waals surface area contributed by atoms with Crippen molar-refractivity contribution in [3.63, 3.8) is 0 Å². The number of benzene rings is 2. The molecule has 1 N–H and O–H groups in total. The first-order chi connectivity index (χ1) is 18.4. The maximum atomic E-state index is 13.0. The normalized spacial score (nSPS) is 26.9. The van der Waals surface area contributed by atoms with Gasteiger partial charge in [-0.25, -0.2) is 4.79 Å². The Morgan fingerprint density at radius 3 is 2.77 bits per heavy atom. The Balaban J connectivity index is 1.54. The van der Waals surface area contributed by atoms with Crippen molar-refractivity contribution in [2.45, 2.75) is 83.3 Å². The van der Waals surface area contributed by atoms with Crippen molar-refractivity contribution in [2.24, 2.45) is 11.3 Å². The number of hydrogen-bond donors (Lipinski definition) is 1. The van der Waals surface area contributed by atoms with E-state index in [4.69, 9.17) is 21.1 Å². The molecule has 2 aliphatic carbocycles. The zero-order chi connectivity index (χ0) is 28.0. The van der Waals surface area contributed by atoms with Crippen molar-refractivity contribution in [3.05, 3.63) is 70.8 Å². The number of aliphatic hydroxyl groups is 1. The smallest absolute Gasteiger partial charge is 0.338 e. The maximum Gasteiger partial charge on any atom is 0.338 e. The predicted octanol–water partition coefficient (Wildman–Crippen LogP) is 7.12. The molecule has 6 heteroatoms. The molecule has 1 aliphatic heterocycles. The minimum atomic E-state index is -0.577. The molecule has 4 atom stereocenters. The molecule has 0 radical (unpaired) electrons. The Kier molecular flexibility index (Phi) is 7.54. The van der Waals surface area contributed by atoms with Crippen molar-refractivity contribution in [1.82, 2.24) is 0 Å². The van der Waals surface area contributed by atoms with Crippen LogP contribution in [0.2, 0.25) is 5.02 Å². The second kappa shape index (κ2) is 10.5. The topological polar surface area (TPSA) is 59.0 Å². The first-order valence-electron chi connectivity index (χ1n) is 14.3. The number of halogens is 1. The minimum absolute atomic E-state index is 0.171. The molecular formula is C33H42ClNO4. The highest BCUT2D eigenvalue weighted by molar-refractivity contribution is 6.30. The van der Waals surface area contributed by atoms with Gasteiger partial charge in [-0.3, -0.25) is 0 Å². The van der Waals surface area contributed by atoms with Gasteiger partial charge in [-0.2, -0.15) is 0 Å². The average Bonchev–Trinajstić information content (AvgIpc) is 3.02. The molecule has 2 aromatic carbocycles. The molecule has 0 bridgehead atoms. The van der Waals surface area contributed by atoms with E-state index >= 15 is 0 Å². The molecule has 1 heterocycles. The number of rotatable bonds is 6. The quantitative estimate of drug-likeness (QED) is 0.306. The number of hydrogen-bond acceptors (Lipinski definition) is 5. The Labute approximate surface area is 238 Å². The third-order valence-electron chi connectivity index (χ3n) is 9.23. The number of esters is 1. The van der Waals surface area contributed by atoms with Crippen LogP contribution in [0.4, 0.5) is 5.69 Å². The highest BCUT2D eigenvalue weighted by Gasteiger charge is 2.49. The summed E-state index contributed by atoms with van der Waals surface area (Å²) >= 11 is 6.40. The zero-order valence-electron chi connectivity index (χ0n) is 23.8. The van der Waals surface area contributed by atoms with Crippen LogP contribution < -0.4 is 9.64 Å². The van der Waals surface area contributed by atoms with E-state index in [9.17, 15) is 9.90 Å². The van der Waals surface area contributed by atoms with Gasteiger partial charge in [0.1, 0.15) is 11.4 Å². The number of aryl methyl sites for hydroxylation is 1. The Bertz CT molecular complexity index is 1250. The molecule has 210 valence electrons. The third-order valence-corrected chi connectivity index (χ3v) is 9.46. The van der Waals surface area contributed by atoms with Crippen molar-refractivity contribution in [3.8, 4) is 5.75 Å². The van der Waals surface area contributed by atoms with Crippen LogP contribution in [0, 0.1) is 11.3 Å². The Morgan fingerprint density at radius 1 is 1.28 bits per heavy atom. The lowest BCUT2D eigenvalue weighted by Crippen LogP contribution is -2.53. The van der Waals surface area contributed by atoms with Gasteiger partial charge >= 0.3 is 5.97 Å². The van der Waals surface area contributed by atoms with Crippen LogP contribution in [-0.2, 0) is 16.6 Å². The van der Waals surface area contributed by atoms with Crippen LogP contribution in [-0.4, -0.2) is 42.5 Å². The van der Waals surface area contributed by atoms with Crippen molar-refractivity contribution in [2.75, 3.05) is 24.6 Å². The number of anilines is 1. The number of fused-ring (bicyclic) bond motifs is 3. The summed E-state index contributed by atoms with van der Waals surface area (Å²) in [6.07, 6.45) is 7.14. The summed E-state index contributed by atoms with van der Waals surface area (Å²) in [5.74, 6) is 0.763. The van der Waals surface area contributed by atoms with Gasteiger partial charge in [-0.1, -0.05) is 30.7 Å². The highest BCUT2D eigenvalue weighted by atomic mass is 35.5. The maximum absolute atomic E-state index is 13.0. The monoisotopic (exact) mass is 551 g/mol. The van der Waals surface area contributed by atoms with E-state index in [0.29, 0.717) is 24.5 Å². The molecule has 39 heavy (non-hydrogen) atoms. The van der Waals surface area contributed by atoms with Gasteiger partial charge in [0.2, 0.25) is 0 Å². The second-order valence-electron chi connectivity index (χ2n) is 13.1. The lowest BCUT2D eigenvalue weighted by molar-refractivity contribution is -0.0695. The largest absolute Gasteiger partial charge is 0.490 e. The summed E-state index contributed by atoms with van der Waals surface area (Å²) in [7, 11) is 0. The van der Waals surface area contributed by atoms with Crippen LogP contribution in [0.3, 0.4) is 0 Å². The molecule has 2 aromatic rings. The van der Waals surface area contributed by atoms with E-state index in [1.165, 1.54) is 11.1 Å². The fourth-order valence-electron chi connectivity index (χ4n) is 6.81. The van der Waals surface area contributed by atoms with Crippen LogP contribution in [0.5, 0.6) is 5.75 Å². The zero-order valence-corrected chi connectivity index (χ0v) is 24.5. The second-order valence-corrected chi connectivity index (χ2v) is 13.5. The number of carbonyl (C=O) groups excluding carboxylic acids is 1. The van der Waals surface area contributed by atoms with Crippen LogP contribution in [0.15, 0.2) is 49.1 Å². The van der Waals surface area contributed by atoms with E-state index in [0.717, 1.165) is 61.7 Å². The van der Waals surface area contributed by atoms with Gasteiger partial charge in [0, 0.05) is 23.5 Å². The van der Waals surface area contributed by atoms with Crippen molar-refractivity contribution in [1.29, 1.82) is 0 Å². The minimum Gasteiger partial charge on any atom is -0.490 e. The Morgan fingerprint density at radius 2 is 2.08 bits per heavy atom. The summed E-state index contributed by atoms with van der Waals surface area (Å²) in [4.78, 5) is 15.5. The molecule has 0 amide bonds. The van der Waals surface area contributed by atoms with Gasteiger partial charge < -0.3 is 19.5 Å². The number of ether oxygens (including phenoxy) is 2. The first kappa shape index (κ1) is 28.0. The average molecular weight is 552 g/mol. The van der Waals surface area contributed by atoms with E-state index in [1.54, 1.807) is 6.07 Å². The molecular weight excluding hydrogens is 510 g/mol. The summed E-state index contributed by atoms with van der Waals surface area (Å²) in [5, 5.41) is 11.8. The number of carbonyl (C=O) groups is 1. The molecule has 3 aliphatic rings. The number of aliphatic hydroxyl groups excluding tert-OH is 1. The van der Waals surface area contributed by atoms with Gasteiger partial charge in [-0.15, -0.1) is 6.58 Å². The molecule has 1 fully saturated rings. The lowest BCUT2D eigenvalue weighted by Gasteiger charge is -2.52. The van der Waals surface area contributed by atoms with Crippen LogP contribution in [0.25, 0.3) is 0 Å². The first-order valence-corrected chi connectivity index (χ1v) is 14.6. The molecule has 1 saturated carbocycles. The van der Waals surface area contributed by atoms with Crippen LogP contribution >= 0.6 is 11.6 Å². The van der Waals surface area contributed by atoms with Gasteiger partial charge in [0.15, 0.2) is 0 Å². The molecule has 5 nitrogen and oxygen atoms in total. The number of nitrogens with zero attached hydrogens (tertiary/aromatic N) is 1. The third kappa shape index (κ3) is 5.45. The fraction of sp³-hybridized carbons (Fsp3) is 0.545. The predicted molar refractivity (Wildman–Crippen MR) is 157 cm³/mol. The van der Waals surface area contributed by atoms with Gasteiger partial charge in [0.05, 0.1) is 24.0 Å². The standard InChI is InChI=1S/C33H42ClNO4/c1-6-8-29(36)32(5)16-14-24(32)19-35-20-33(15-7-9-22-17-25(34)11-12-26(22)33)21-38-28-13-10-23(18-27(28)35)30(37)39-31(2,3)4/h6,10-13,17-18,24,29,36H,1,7-9,14-16,19-21H2,2-5H3/t24-,29-,32-,33?/m1/s1. The molecule has 1 spiro atoms. The molecule has 5 rings (SSSR count). The molecule has 0 saturated heterocycles. The van der Waals surface area contributed by atoms with E-state index in [2.05, 4.69) is 30.5 Å². The van der Waals surface area contributed by atoms with Gasteiger partial charge in [-0.05, 0) is 112 Å². The van der Waals surface area contributed by atoms with E-state index in [1.807, 2.05) is 45.0 Å². The van der Waals surface area contributed by atoms with Gasteiger partial charge in [0.25, 0.3) is 0 Å². The summed E-state index contributed by atoms with van der Waals surface area (Å²) in [6, 6.07) is 11.9. The van der Waals surface area contributed by atoms with Crippen molar-refractivity contribution >= 4 is 23.3 Å². The summed E-state index contributed by atoms with van der Waals surface area (Å²) < 4.78 is 12.3. The highest BCUT2D eigenvalue weighted by Crippen LogP contribution is 2.52. The summed E-state index contributed by atoms with van der Waals surface area (Å²) in [6.45, 7) is 13.8. The molecule has 1 unspecified atom stereocenters. The molecule has 0 aromatic heterocycles. The SMILES string of the molecule is C=CC[C@@H](O)[C@]1(C)CC[C@@H]1CN1CC2(CCCc3cc(Cl)ccc32)COc2ccc(C(=O)OC(C)(C)C)cc21. The van der Waals surface area contributed by atoms with Crippen molar-refractivity contribution < 1.29 is 19.4 Å². The van der Waals surface area contributed by atoms with Crippen LogP contribution in [0.1, 0.15) is 81.3 Å². The lowest BCUT2D eigenvalue weighted by atomic mass is 9.57. The summed E-state index contributed by atoms with van der Waals surface area (Å²) in [5.41, 5.74) is 3.11. The Hall–Kier alpha value is -2.50. The fourth-order valence-corrected chi connectivity index (χ4v) is 7.01. The van der Waals surface area contributed by atoms with E-state index in [-0.39, 0.29) is 16.8 Å². The van der Waals surface area contributed by atoms with E-state index < -0.39 is 11.7 Å².